The summed E-state index contributed by atoms with van der Waals surface area (Å²) >= 11 is 6.20. The number of carboxylic acid groups (broad SMARTS) is 1. The van der Waals surface area contributed by atoms with Crippen molar-refractivity contribution in [3.63, 3.8) is 0 Å². The number of benzene rings is 4. The first-order chi connectivity index (χ1) is 20.8. The third-order valence-corrected chi connectivity index (χ3v) is 8.11. The van der Waals surface area contributed by atoms with Crippen LogP contribution in [0.25, 0.3) is 0 Å². The van der Waals surface area contributed by atoms with Gasteiger partial charge in [0.25, 0.3) is 5.91 Å². The van der Waals surface area contributed by atoms with Crippen molar-refractivity contribution in [3.8, 4) is 17.2 Å². The minimum Gasteiger partial charge on any atom is -0.497 e. The highest BCUT2D eigenvalue weighted by Crippen LogP contribution is 2.52. The second kappa shape index (κ2) is 12.6. The molecule has 0 aliphatic carbocycles. The molecule has 0 bridgehead atoms. The van der Waals surface area contributed by atoms with E-state index in [4.69, 9.17) is 25.8 Å². The molecule has 4 aromatic carbocycles. The summed E-state index contributed by atoms with van der Waals surface area (Å²) in [6.45, 7) is 0. The maximum atomic E-state index is 14.5. The first kappa shape index (κ1) is 29.7. The number of rotatable bonds is 9. The lowest BCUT2D eigenvalue weighted by molar-refractivity contribution is -0.142. The highest BCUT2D eigenvalue weighted by atomic mass is 35.5. The van der Waals surface area contributed by atoms with Gasteiger partial charge in [-0.05, 0) is 53.6 Å². The van der Waals surface area contributed by atoms with E-state index in [0.29, 0.717) is 39.0 Å². The van der Waals surface area contributed by atoms with Crippen molar-refractivity contribution >= 4 is 29.3 Å². The predicted octanol–water partition coefficient (Wildman–Crippen LogP) is 6.30. The number of ether oxygens (including phenoxy) is 3. The van der Waals surface area contributed by atoms with Crippen molar-refractivity contribution in [2.75, 3.05) is 21.3 Å². The number of carbonyl (C=O) groups is 3. The molecule has 1 fully saturated rings. The Kier molecular flexibility index (Phi) is 8.68. The molecule has 0 aromatic heterocycles. The number of carbonyl (C=O) groups excluding carboxylic acids is 2. The summed E-state index contributed by atoms with van der Waals surface area (Å²) in [7, 11) is 4.47. The Morgan fingerprint density at radius 2 is 1.35 bits per heavy atom. The van der Waals surface area contributed by atoms with Crippen LogP contribution in [0.2, 0.25) is 5.02 Å². The van der Waals surface area contributed by atoms with E-state index in [0.717, 1.165) is 0 Å². The number of likely N-dealkylation sites (tertiary alicyclic amines) is 1. The van der Waals surface area contributed by atoms with Gasteiger partial charge in [0.2, 0.25) is 0 Å². The van der Waals surface area contributed by atoms with E-state index in [9.17, 15) is 19.5 Å². The van der Waals surface area contributed by atoms with Gasteiger partial charge in [0.15, 0.2) is 17.3 Å². The summed E-state index contributed by atoms with van der Waals surface area (Å²) in [5.74, 6) is -2.65. The monoisotopic (exact) mass is 599 g/mol. The van der Waals surface area contributed by atoms with Crippen LogP contribution in [0.15, 0.2) is 97.1 Å². The Morgan fingerprint density at radius 1 is 0.721 bits per heavy atom. The van der Waals surface area contributed by atoms with Crippen LogP contribution >= 0.6 is 11.6 Å². The lowest BCUT2D eigenvalue weighted by Crippen LogP contribution is -2.43. The molecule has 0 radical (unpaired) electrons. The Morgan fingerprint density at radius 3 is 1.93 bits per heavy atom. The fourth-order valence-electron chi connectivity index (χ4n) is 5.90. The molecule has 1 heterocycles. The molecule has 9 heteroatoms. The molecule has 220 valence electrons. The molecule has 8 nitrogen and oxygen atoms in total. The molecule has 0 spiro atoms. The van der Waals surface area contributed by atoms with Gasteiger partial charge in [-0.3, -0.25) is 9.59 Å². The standard InChI is InChI=1S/C34H30ClNO7/c1-41-25-16-11-21(12-17-25)30-29(32(37)22-7-5-4-6-8-22)28(20-9-14-24(35)15-10-20)31(34(39)40)36(30)33(38)23-13-18-26(42-2)27(19-23)43-3/h4-19,28-31H,1-3H3,(H,39,40). The van der Waals surface area contributed by atoms with Gasteiger partial charge < -0.3 is 24.2 Å². The van der Waals surface area contributed by atoms with Crippen molar-refractivity contribution in [3.05, 3.63) is 124 Å². The summed E-state index contributed by atoms with van der Waals surface area (Å²) in [5.41, 5.74) is 1.76. The molecule has 1 aliphatic heterocycles. The zero-order valence-electron chi connectivity index (χ0n) is 23.8. The van der Waals surface area contributed by atoms with Gasteiger partial charge in [0, 0.05) is 22.1 Å². The molecule has 4 unspecified atom stereocenters. The maximum absolute atomic E-state index is 14.5. The Balaban J connectivity index is 1.77. The number of ketones is 1. The first-order valence-electron chi connectivity index (χ1n) is 13.5. The van der Waals surface area contributed by atoms with Gasteiger partial charge in [-0.2, -0.15) is 0 Å². The van der Waals surface area contributed by atoms with Gasteiger partial charge in [0.05, 0.1) is 33.3 Å². The van der Waals surface area contributed by atoms with Gasteiger partial charge in [0.1, 0.15) is 11.8 Å². The highest BCUT2D eigenvalue weighted by Gasteiger charge is 2.57. The van der Waals surface area contributed by atoms with Gasteiger partial charge in [-0.1, -0.05) is 66.2 Å². The van der Waals surface area contributed by atoms with Crippen LogP contribution in [0.4, 0.5) is 0 Å². The third-order valence-electron chi connectivity index (χ3n) is 7.86. The SMILES string of the molecule is COc1ccc(C2C(C(=O)c3ccccc3)C(c3ccc(Cl)cc3)C(C(=O)O)N2C(=O)c2ccc(OC)c(OC)c2)cc1. The second-order valence-corrected chi connectivity index (χ2v) is 10.6. The van der Waals surface area contributed by atoms with Crippen LogP contribution in [0.5, 0.6) is 17.2 Å². The van der Waals surface area contributed by atoms with E-state index in [-0.39, 0.29) is 11.3 Å². The summed E-state index contributed by atoms with van der Waals surface area (Å²) in [6.07, 6.45) is 0. The molecule has 5 rings (SSSR count). The average molecular weight is 600 g/mol. The van der Waals surface area contributed by atoms with E-state index in [1.54, 1.807) is 91.0 Å². The molecule has 1 amide bonds. The van der Waals surface area contributed by atoms with Crippen molar-refractivity contribution in [1.29, 1.82) is 0 Å². The molecule has 4 aromatic rings. The molecule has 1 saturated heterocycles. The molecule has 4 atom stereocenters. The highest BCUT2D eigenvalue weighted by molar-refractivity contribution is 6.30. The average Bonchev–Trinajstić information content (AvgIpc) is 3.41. The van der Waals surface area contributed by atoms with Gasteiger partial charge >= 0.3 is 5.97 Å². The molecule has 43 heavy (non-hydrogen) atoms. The lowest BCUT2D eigenvalue weighted by atomic mass is 9.76. The topological polar surface area (TPSA) is 102 Å². The number of nitrogens with zero attached hydrogens (tertiary/aromatic N) is 1. The van der Waals surface area contributed by atoms with E-state index >= 15 is 0 Å². The van der Waals surface area contributed by atoms with Crippen LogP contribution in [0, 0.1) is 5.92 Å². The van der Waals surface area contributed by atoms with E-state index in [1.165, 1.54) is 32.3 Å². The summed E-state index contributed by atoms with van der Waals surface area (Å²) in [5, 5.41) is 11.2. The number of methoxy groups -OCH3 is 3. The largest absolute Gasteiger partial charge is 0.497 e. The molecule has 0 saturated carbocycles. The quantitative estimate of drug-likeness (QED) is 0.225. The number of Topliss-reactive ketones (excluding diaryl/α,β-unsaturated/α-hetero) is 1. The lowest BCUT2D eigenvalue weighted by Gasteiger charge is -2.30. The van der Waals surface area contributed by atoms with Crippen molar-refractivity contribution in [2.45, 2.75) is 18.0 Å². The van der Waals surface area contributed by atoms with Crippen LogP contribution in [0.1, 0.15) is 43.8 Å². The fraction of sp³-hybridized carbons (Fsp3) is 0.206. The summed E-state index contributed by atoms with van der Waals surface area (Å²) < 4.78 is 16.1. The summed E-state index contributed by atoms with van der Waals surface area (Å²) in [4.78, 5) is 43.4. The summed E-state index contributed by atoms with van der Waals surface area (Å²) in [6, 6.07) is 24.7. The Hall–Kier alpha value is -4.82. The van der Waals surface area contributed by atoms with Crippen LogP contribution in [0.3, 0.4) is 0 Å². The molecular formula is C34H30ClNO7. The van der Waals surface area contributed by atoms with Crippen molar-refractivity contribution in [1.82, 2.24) is 4.90 Å². The predicted molar refractivity (Wildman–Crippen MR) is 161 cm³/mol. The Bertz CT molecular complexity index is 1620. The molecule has 1 aliphatic rings. The number of aliphatic carboxylic acids is 1. The zero-order valence-corrected chi connectivity index (χ0v) is 24.5. The van der Waals surface area contributed by atoms with E-state index < -0.39 is 35.8 Å². The number of carboxylic acids is 1. The maximum Gasteiger partial charge on any atom is 0.327 e. The molecular weight excluding hydrogens is 570 g/mol. The second-order valence-electron chi connectivity index (χ2n) is 10.1. The van der Waals surface area contributed by atoms with Crippen LogP contribution < -0.4 is 14.2 Å². The number of amides is 1. The normalized spacial score (nSPS) is 19.5. The van der Waals surface area contributed by atoms with Gasteiger partial charge in [-0.15, -0.1) is 0 Å². The van der Waals surface area contributed by atoms with E-state index in [1.807, 2.05) is 0 Å². The number of hydrogen-bond donors (Lipinski definition) is 1. The zero-order chi connectivity index (χ0) is 30.7. The third kappa shape index (κ3) is 5.66. The van der Waals surface area contributed by atoms with Crippen LogP contribution in [-0.2, 0) is 4.79 Å². The number of halogens is 1. The minimum absolute atomic E-state index is 0.185. The number of hydrogen-bond acceptors (Lipinski definition) is 6. The minimum atomic E-state index is -1.40. The van der Waals surface area contributed by atoms with Crippen molar-refractivity contribution in [2.24, 2.45) is 5.92 Å². The Labute approximate surface area is 254 Å². The van der Waals surface area contributed by atoms with E-state index in [2.05, 4.69) is 0 Å². The first-order valence-corrected chi connectivity index (χ1v) is 13.9. The van der Waals surface area contributed by atoms with Gasteiger partial charge in [-0.25, -0.2) is 4.79 Å². The fourth-order valence-corrected chi connectivity index (χ4v) is 6.03. The molecule has 1 N–H and O–H groups in total. The smallest absolute Gasteiger partial charge is 0.327 e. The van der Waals surface area contributed by atoms with Crippen LogP contribution in [-0.4, -0.2) is 55.0 Å². The van der Waals surface area contributed by atoms with Crippen molar-refractivity contribution < 1.29 is 33.7 Å².